The summed E-state index contributed by atoms with van der Waals surface area (Å²) >= 11 is 3.41. The van der Waals surface area contributed by atoms with Gasteiger partial charge >= 0.3 is 11.9 Å². The first-order valence-corrected chi connectivity index (χ1v) is 10.2. The molecule has 2 aromatic rings. The Bertz CT molecular complexity index is 915. The van der Waals surface area contributed by atoms with Crippen molar-refractivity contribution >= 4 is 33.8 Å². The van der Waals surface area contributed by atoms with Gasteiger partial charge in [0.25, 0.3) is 0 Å². The molecule has 1 heterocycles. The lowest BCUT2D eigenvalue weighted by atomic mass is 9.75. The molecule has 0 fully saturated rings. The van der Waals surface area contributed by atoms with Crippen LogP contribution in [-0.4, -0.2) is 24.5 Å². The van der Waals surface area contributed by atoms with E-state index < -0.39 is 35.6 Å². The molecule has 152 valence electrons. The van der Waals surface area contributed by atoms with Crippen LogP contribution >= 0.6 is 15.9 Å². The van der Waals surface area contributed by atoms with Gasteiger partial charge < -0.3 is 14.8 Å². The Morgan fingerprint density at radius 3 is 2.62 bits per heavy atom. The van der Waals surface area contributed by atoms with Crippen molar-refractivity contribution in [2.75, 3.05) is 6.61 Å². The van der Waals surface area contributed by atoms with Crippen molar-refractivity contribution in [1.29, 1.82) is 0 Å². The first kappa shape index (κ1) is 21.0. The maximum Gasteiger partial charge on any atom is 0.324 e. The van der Waals surface area contributed by atoms with Crippen LogP contribution in [0, 0.1) is 11.8 Å². The molecule has 0 aliphatic carbocycles. The summed E-state index contributed by atoms with van der Waals surface area (Å²) in [6.45, 7) is 3.88. The number of nitrogens with one attached hydrogen (secondary N) is 1. The summed E-state index contributed by atoms with van der Waals surface area (Å²) in [5, 5.41) is 2.80. The van der Waals surface area contributed by atoms with E-state index in [0.717, 1.165) is 10.0 Å². The van der Waals surface area contributed by atoms with Crippen LogP contribution in [0.15, 0.2) is 53.0 Å². The average Bonchev–Trinajstić information content (AvgIpc) is 2.71. The third-order valence-electron chi connectivity index (χ3n) is 4.94. The lowest BCUT2D eigenvalue weighted by molar-refractivity contribution is -0.153. The number of halogens is 1. The zero-order valence-electron chi connectivity index (χ0n) is 16.2. The topological polar surface area (TPSA) is 81.7 Å². The van der Waals surface area contributed by atoms with E-state index in [9.17, 15) is 14.4 Å². The van der Waals surface area contributed by atoms with Gasteiger partial charge in [0.05, 0.1) is 12.5 Å². The molecule has 2 aromatic carbocycles. The number of esters is 2. The standard InChI is InChI=1S/C22H22BrNO5/c1-3-28-21(26)13(2)18-16-11-15(23)9-10-17(16)29-22(27)19(18)20(25)24-12-14-7-5-4-6-8-14/h4-11,13,18-19H,3,12H2,1-2H3,(H,24,25)/t13-,18-,19-/m1/s1. The van der Waals surface area contributed by atoms with Crippen molar-refractivity contribution in [2.24, 2.45) is 11.8 Å². The Labute approximate surface area is 177 Å². The van der Waals surface area contributed by atoms with Crippen molar-refractivity contribution in [1.82, 2.24) is 5.32 Å². The molecule has 0 saturated heterocycles. The predicted molar refractivity (Wildman–Crippen MR) is 110 cm³/mol. The van der Waals surface area contributed by atoms with Gasteiger partial charge in [-0.2, -0.15) is 0 Å². The van der Waals surface area contributed by atoms with Gasteiger partial charge in [0.15, 0.2) is 0 Å². The molecule has 0 aromatic heterocycles. The van der Waals surface area contributed by atoms with E-state index in [0.29, 0.717) is 11.3 Å². The number of carbonyl (C=O) groups is 3. The molecule has 3 atom stereocenters. The van der Waals surface area contributed by atoms with E-state index in [2.05, 4.69) is 21.2 Å². The lowest BCUT2D eigenvalue weighted by Crippen LogP contribution is -2.46. The van der Waals surface area contributed by atoms with Gasteiger partial charge in [-0.15, -0.1) is 0 Å². The highest BCUT2D eigenvalue weighted by Crippen LogP contribution is 2.44. The maximum atomic E-state index is 13.0. The number of hydrogen-bond donors (Lipinski definition) is 1. The second-order valence-electron chi connectivity index (χ2n) is 6.85. The minimum absolute atomic E-state index is 0.219. The van der Waals surface area contributed by atoms with Crippen LogP contribution in [0.5, 0.6) is 5.75 Å². The van der Waals surface area contributed by atoms with Gasteiger partial charge in [-0.25, -0.2) is 0 Å². The van der Waals surface area contributed by atoms with Crippen molar-refractivity contribution < 1.29 is 23.9 Å². The Balaban J connectivity index is 1.92. The minimum atomic E-state index is -1.15. The molecule has 1 aliphatic heterocycles. The summed E-state index contributed by atoms with van der Waals surface area (Å²) in [6, 6.07) is 14.6. The molecule has 1 amide bonds. The molecule has 0 unspecified atom stereocenters. The number of rotatable bonds is 6. The lowest BCUT2D eigenvalue weighted by Gasteiger charge is -2.34. The smallest absolute Gasteiger partial charge is 0.324 e. The molecule has 1 N–H and O–H groups in total. The zero-order chi connectivity index (χ0) is 21.0. The molecule has 29 heavy (non-hydrogen) atoms. The normalized spacial score (nSPS) is 18.9. The van der Waals surface area contributed by atoms with E-state index in [1.807, 2.05) is 30.3 Å². The number of amides is 1. The number of ether oxygens (including phenoxy) is 2. The van der Waals surface area contributed by atoms with E-state index in [1.165, 1.54) is 0 Å². The highest BCUT2D eigenvalue weighted by molar-refractivity contribution is 9.10. The van der Waals surface area contributed by atoms with Crippen LogP contribution in [0.25, 0.3) is 0 Å². The largest absolute Gasteiger partial charge is 0.466 e. The average molecular weight is 460 g/mol. The third-order valence-corrected chi connectivity index (χ3v) is 5.44. The van der Waals surface area contributed by atoms with Crippen molar-refractivity contribution in [3.05, 3.63) is 64.1 Å². The fourth-order valence-electron chi connectivity index (χ4n) is 3.51. The number of carbonyl (C=O) groups excluding carboxylic acids is 3. The SMILES string of the molecule is CCOC(=O)[C@H](C)[C@@H]1c2cc(Br)ccc2OC(=O)[C@H]1C(=O)NCc1ccccc1. The second kappa shape index (κ2) is 9.22. The molecular weight excluding hydrogens is 438 g/mol. The molecule has 7 heteroatoms. The number of fused-ring (bicyclic) bond motifs is 1. The van der Waals surface area contributed by atoms with Crippen LogP contribution in [0.3, 0.4) is 0 Å². The van der Waals surface area contributed by atoms with E-state index in [4.69, 9.17) is 9.47 Å². The van der Waals surface area contributed by atoms with Gasteiger partial charge in [-0.05, 0) is 30.7 Å². The Morgan fingerprint density at radius 1 is 1.21 bits per heavy atom. The van der Waals surface area contributed by atoms with Crippen molar-refractivity contribution in [3.63, 3.8) is 0 Å². The maximum absolute atomic E-state index is 13.0. The highest BCUT2D eigenvalue weighted by atomic mass is 79.9. The van der Waals surface area contributed by atoms with Crippen LogP contribution in [-0.2, 0) is 25.7 Å². The molecule has 3 rings (SSSR count). The molecule has 0 radical (unpaired) electrons. The molecule has 0 spiro atoms. The molecule has 1 aliphatic rings. The molecule has 0 saturated carbocycles. The summed E-state index contributed by atoms with van der Waals surface area (Å²) < 4.78 is 11.3. The van der Waals surface area contributed by atoms with Crippen LogP contribution in [0.4, 0.5) is 0 Å². The summed E-state index contributed by atoms with van der Waals surface area (Å²) in [5.41, 5.74) is 1.53. The Kier molecular flexibility index (Phi) is 6.69. The monoisotopic (exact) mass is 459 g/mol. The number of hydrogen-bond acceptors (Lipinski definition) is 5. The number of benzene rings is 2. The van der Waals surface area contributed by atoms with Gasteiger partial charge in [0.1, 0.15) is 11.7 Å². The van der Waals surface area contributed by atoms with Crippen LogP contribution in [0.2, 0.25) is 0 Å². The first-order chi connectivity index (χ1) is 13.9. The van der Waals surface area contributed by atoms with E-state index >= 15 is 0 Å². The Morgan fingerprint density at radius 2 is 1.93 bits per heavy atom. The summed E-state index contributed by atoms with van der Waals surface area (Å²) in [6.07, 6.45) is 0. The van der Waals surface area contributed by atoms with Crippen LogP contribution in [0.1, 0.15) is 30.9 Å². The van der Waals surface area contributed by atoms with Gasteiger partial charge in [-0.1, -0.05) is 53.2 Å². The Hall–Kier alpha value is -2.67. The van der Waals surface area contributed by atoms with Crippen LogP contribution < -0.4 is 10.1 Å². The van der Waals surface area contributed by atoms with Crippen molar-refractivity contribution in [2.45, 2.75) is 26.3 Å². The van der Waals surface area contributed by atoms with Crippen molar-refractivity contribution in [3.8, 4) is 5.75 Å². The zero-order valence-corrected chi connectivity index (χ0v) is 17.8. The highest BCUT2D eigenvalue weighted by Gasteiger charge is 2.47. The summed E-state index contributed by atoms with van der Waals surface area (Å²) in [5.74, 6) is -3.82. The summed E-state index contributed by atoms with van der Waals surface area (Å²) in [4.78, 5) is 38.2. The van der Waals surface area contributed by atoms with E-state index in [-0.39, 0.29) is 13.2 Å². The predicted octanol–water partition coefficient (Wildman–Crippen LogP) is 3.58. The fourth-order valence-corrected chi connectivity index (χ4v) is 3.89. The molecule has 0 bridgehead atoms. The summed E-state index contributed by atoms with van der Waals surface area (Å²) in [7, 11) is 0. The van der Waals surface area contributed by atoms with Gasteiger partial charge in [-0.3, -0.25) is 14.4 Å². The quantitative estimate of drug-likeness (QED) is 0.405. The molecular formula is C22H22BrNO5. The van der Waals surface area contributed by atoms with E-state index in [1.54, 1.807) is 32.0 Å². The fraction of sp³-hybridized carbons (Fsp3) is 0.318. The van der Waals surface area contributed by atoms with Gasteiger partial charge in [0, 0.05) is 22.5 Å². The van der Waals surface area contributed by atoms with Gasteiger partial charge in [0.2, 0.25) is 5.91 Å². The first-order valence-electron chi connectivity index (χ1n) is 9.41. The second-order valence-corrected chi connectivity index (χ2v) is 7.77. The minimum Gasteiger partial charge on any atom is -0.466 e. The molecule has 6 nitrogen and oxygen atoms in total. The third kappa shape index (κ3) is 4.67.